The standard InChI is InChI=1S/C12H16N2OS2/c1-8-12(15)14(9-4-6-16-7-9)11(13-8)10-3-2-5-17-10/h2-3,5,8-9,11,13H,4,6-7H2,1H3. The number of amides is 1. The van der Waals surface area contributed by atoms with Gasteiger partial charge in [-0.15, -0.1) is 11.3 Å². The summed E-state index contributed by atoms with van der Waals surface area (Å²) in [6, 6.07) is 4.53. The van der Waals surface area contributed by atoms with Crippen LogP contribution < -0.4 is 5.32 Å². The van der Waals surface area contributed by atoms with E-state index in [9.17, 15) is 4.79 Å². The van der Waals surface area contributed by atoms with Crippen LogP contribution in [0.15, 0.2) is 17.5 Å². The molecule has 0 spiro atoms. The van der Waals surface area contributed by atoms with Gasteiger partial charge in [0.25, 0.3) is 0 Å². The molecular weight excluding hydrogens is 252 g/mol. The van der Waals surface area contributed by atoms with Crippen LogP contribution in [0.1, 0.15) is 24.4 Å². The van der Waals surface area contributed by atoms with Gasteiger partial charge in [0.05, 0.1) is 6.04 Å². The highest BCUT2D eigenvalue weighted by Gasteiger charge is 2.42. The third-order valence-corrected chi connectivity index (χ3v) is 5.49. The fourth-order valence-electron chi connectivity index (χ4n) is 2.54. The first-order valence-electron chi connectivity index (χ1n) is 5.97. The molecule has 17 heavy (non-hydrogen) atoms. The summed E-state index contributed by atoms with van der Waals surface area (Å²) >= 11 is 3.68. The van der Waals surface area contributed by atoms with Crippen LogP contribution in [0.25, 0.3) is 0 Å². The maximum absolute atomic E-state index is 12.3. The second-order valence-electron chi connectivity index (χ2n) is 4.57. The van der Waals surface area contributed by atoms with E-state index in [-0.39, 0.29) is 18.1 Å². The number of carbonyl (C=O) groups excluding carboxylic acids is 1. The fourth-order valence-corrected chi connectivity index (χ4v) is 4.52. The molecule has 3 heterocycles. The zero-order chi connectivity index (χ0) is 11.8. The van der Waals surface area contributed by atoms with Crippen molar-refractivity contribution in [1.82, 2.24) is 10.2 Å². The molecule has 3 atom stereocenters. The third-order valence-electron chi connectivity index (χ3n) is 3.42. The molecule has 0 radical (unpaired) electrons. The van der Waals surface area contributed by atoms with Gasteiger partial charge < -0.3 is 4.90 Å². The molecule has 1 amide bonds. The normalized spacial score (nSPS) is 33.6. The summed E-state index contributed by atoms with van der Waals surface area (Å²) < 4.78 is 0. The monoisotopic (exact) mass is 268 g/mol. The number of rotatable bonds is 2. The SMILES string of the molecule is CC1NC(c2cccs2)N(C2CCSC2)C1=O. The topological polar surface area (TPSA) is 32.3 Å². The Hall–Kier alpha value is -0.520. The van der Waals surface area contributed by atoms with E-state index in [0.717, 1.165) is 12.2 Å². The molecule has 0 aliphatic carbocycles. The van der Waals surface area contributed by atoms with Crippen molar-refractivity contribution in [3.05, 3.63) is 22.4 Å². The van der Waals surface area contributed by atoms with E-state index in [4.69, 9.17) is 0 Å². The summed E-state index contributed by atoms with van der Waals surface area (Å²) in [6.45, 7) is 1.96. The minimum Gasteiger partial charge on any atom is -0.317 e. The van der Waals surface area contributed by atoms with Gasteiger partial charge in [0.1, 0.15) is 6.17 Å². The van der Waals surface area contributed by atoms with Crippen LogP contribution >= 0.6 is 23.1 Å². The third kappa shape index (κ3) is 2.00. The minimum atomic E-state index is -0.0484. The number of carbonyl (C=O) groups is 1. The summed E-state index contributed by atoms with van der Waals surface area (Å²) in [6.07, 6.45) is 1.23. The molecule has 1 N–H and O–H groups in total. The molecule has 0 aromatic carbocycles. The van der Waals surface area contributed by atoms with Crippen LogP contribution in [0.4, 0.5) is 0 Å². The first kappa shape index (κ1) is 11.6. The number of nitrogens with zero attached hydrogens (tertiary/aromatic N) is 1. The maximum Gasteiger partial charge on any atom is 0.241 e. The Kier molecular flexibility index (Phi) is 3.15. The van der Waals surface area contributed by atoms with Gasteiger partial charge in [-0.25, -0.2) is 0 Å². The summed E-state index contributed by atoms with van der Waals surface area (Å²) in [5, 5.41) is 5.49. The smallest absolute Gasteiger partial charge is 0.241 e. The van der Waals surface area contributed by atoms with Crippen LogP contribution in [0.5, 0.6) is 0 Å². The Labute approximate surface area is 110 Å². The van der Waals surface area contributed by atoms with E-state index in [1.165, 1.54) is 10.6 Å². The highest BCUT2D eigenvalue weighted by Crippen LogP contribution is 2.34. The molecule has 2 aliphatic rings. The Bertz CT molecular complexity index is 401. The predicted molar refractivity (Wildman–Crippen MR) is 72.2 cm³/mol. The molecule has 3 nitrogen and oxygen atoms in total. The lowest BCUT2D eigenvalue weighted by atomic mass is 10.2. The van der Waals surface area contributed by atoms with Crippen molar-refractivity contribution in [2.45, 2.75) is 31.6 Å². The van der Waals surface area contributed by atoms with E-state index in [2.05, 4.69) is 27.7 Å². The molecule has 1 aromatic rings. The molecule has 5 heteroatoms. The van der Waals surface area contributed by atoms with Crippen LogP contribution in [0.3, 0.4) is 0 Å². The molecule has 2 fully saturated rings. The molecule has 0 bridgehead atoms. The van der Waals surface area contributed by atoms with Crippen molar-refractivity contribution < 1.29 is 4.79 Å². The lowest BCUT2D eigenvalue weighted by molar-refractivity contribution is -0.131. The van der Waals surface area contributed by atoms with Crippen molar-refractivity contribution >= 4 is 29.0 Å². The van der Waals surface area contributed by atoms with Gasteiger partial charge in [-0.3, -0.25) is 10.1 Å². The highest BCUT2D eigenvalue weighted by atomic mass is 32.2. The Morgan fingerprint density at radius 1 is 1.53 bits per heavy atom. The first-order chi connectivity index (χ1) is 8.27. The van der Waals surface area contributed by atoms with Gasteiger partial charge in [-0.2, -0.15) is 11.8 Å². The molecule has 0 saturated carbocycles. The largest absolute Gasteiger partial charge is 0.317 e. The summed E-state index contributed by atoms with van der Waals surface area (Å²) in [4.78, 5) is 15.6. The molecule has 2 saturated heterocycles. The number of hydrogen-bond donors (Lipinski definition) is 1. The zero-order valence-corrected chi connectivity index (χ0v) is 11.4. The average molecular weight is 268 g/mol. The van der Waals surface area contributed by atoms with E-state index in [0.29, 0.717) is 6.04 Å². The van der Waals surface area contributed by atoms with Crippen molar-refractivity contribution in [3.8, 4) is 0 Å². The van der Waals surface area contributed by atoms with Gasteiger partial charge in [0.2, 0.25) is 5.91 Å². The van der Waals surface area contributed by atoms with Gasteiger partial charge in [-0.1, -0.05) is 6.07 Å². The van der Waals surface area contributed by atoms with Crippen LogP contribution in [-0.2, 0) is 4.79 Å². The lowest BCUT2D eigenvalue weighted by Gasteiger charge is -2.29. The summed E-state index contributed by atoms with van der Waals surface area (Å²) in [7, 11) is 0. The number of nitrogens with one attached hydrogen (secondary N) is 1. The van der Waals surface area contributed by atoms with Crippen molar-refractivity contribution in [1.29, 1.82) is 0 Å². The zero-order valence-electron chi connectivity index (χ0n) is 9.76. The quantitative estimate of drug-likeness (QED) is 0.891. The van der Waals surface area contributed by atoms with Crippen molar-refractivity contribution in [3.63, 3.8) is 0 Å². The number of hydrogen-bond acceptors (Lipinski definition) is 4. The maximum atomic E-state index is 12.3. The first-order valence-corrected chi connectivity index (χ1v) is 8.00. The minimum absolute atomic E-state index is 0.0484. The number of thioether (sulfide) groups is 1. The van der Waals surface area contributed by atoms with Crippen LogP contribution in [-0.4, -0.2) is 34.4 Å². The van der Waals surface area contributed by atoms with Gasteiger partial charge in [0, 0.05) is 16.7 Å². The summed E-state index contributed by atoms with van der Waals surface area (Å²) in [5.41, 5.74) is 0. The predicted octanol–water partition coefficient (Wildman–Crippen LogP) is 2.07. The van der Waals surface area contributed by atoms with E-state index in [1.54, 1.807) is 11.3 Å². The second kappa shape index (κ2) is 4.63. The molecule has 1 aromatic heterocycles. The fraction of sp³-hybridized carbons (Fsp3) is 0.583. The molecule has 92 valence electrons. The molecule has 2 aliphatic heterocycles. The van der Waals surface area contributed by atoms with E-state index in [1.807, 2.05) is 18.7 Å². The van der Waals surface area contributed by atoms with Crippen molar-refractivity contribution in [2.24, 2.45) is 0 Å². The molecule has 3 unspecified atom stereocenters. The molecular formula is C12H16N2OS2. The number of thiophene rings is 1. The Morgan fingerprint density at radius 3 is 3.06 bits per heavy atom. The Morgan fingerprint density at radius 2 is 2.41 bits per heavy atom. The lowest BCUT2D eigenvalue weighted by Crippen LogP contribution is -2.39. The van der Waals surface area contributed by atoms with Gasteiger partial charge in [-0.05, 0) is 30.5 Å². The van der Waals surface area contributed by atoms with E-state index < -0.39 is 0 Å². The summed E-state index contributed by atoms with van der Waals surface area (Å²) in [5.74, 6) is 2.53. The highest BCUT2D eigenvalue weighted by molar-refractivity contribution is 7.99. The van der Waals surface area contributed by atoms with E-state index >= 15 is 0 Å². The van der Waals surface area contributed by atoms with Gasteiger partial charge >= 0.3 is 0 Å². The van der Waals surface area contributed by atoms with Crippen LogP contribution in [0.2, 0.25) is 0 Å². The Balaban J connectivity index is 1.88. The average Bonchev–Trinajstić information content (AvgIpc) is 3.01. The van der Waals surface area contributed by atoms with Crippen LogP contribution in [0, 0.1) is 0 Å². The second-order valence-corrected chi connectivity index (χ2v) is 6.70. The van der Waals surface area contributed by atoms with Crippen molar-refractivity contribution in [2.75, 3.05) is 11.5 Å². The van der Waals surface area contributed by atoms with Gasteiger partial charge in [0.15, 0.2) is 0 Å². The molecule has 3 rings (SSSR count).